The molecule has 2 aromatic carbocycles. The van der Waals surface area contributed by atoms with Crippen LogP contribution in [0.5, 0.6) is 5.75 Å². The fourth-order valence-electron chi connectivity index (χ4n) is 2.74. The number of amides is 1. The van der Waals surface area contributed by atoms with Crippen molar-refractivity contribution < 1.29 is 13.9 Å². The minimum atomic E-state index is -0.738. The molecule has 1 aromatic heterocycles. The Labute approximate surface area is 150 Å². The second kappa shape index (κ2) is 7.15. The second-order valence-corrected chi connectivity index (χ2v) is 6.29. The fraction of sp³-hybridized carbons (Fsp3) is 0.211. The molecule has 1 atom stereocenters. The number of benzene rings is 2. The highest BCUT2D eigenvalue weighted by molar-refractivity contribution is 6.32. The number of nitrogens with one attached hydrogen (secondary N) is 1. The molecule has 3 rings (SSSR count). The molecular weight excluding hydrogens is 343 g/mol. The first-order valence-corrected chi connectivity index (χ1v) is 8.25. The lowest BCUT2D eigenvalue weighted by Gasteiger charge is -2.23. The Morgan fingerprint density at radius 1 is 1.32 bits per heavy atom. The third-order valence-corrected chi connectivity index (χ3v) is 4.31. The van der Waals surface area contributed by atoms with E-state index in [0.717, 1.165) is 22.5 Å². The number of hydrogen-bond donors (Lipinski definition) is 1. The van der Waals surface area contributed by atoms with E-state index in [1.54, 1.807) is 18.9 Å². The molecule has 4 nitrogen and oxygen atoms in total. The monoisotopic (exact) mass is 360 g/mol. The molecule has 3 aromatic rings. The van der Waals surface area contributed by atoms with Crippen molar-refractivity contribution in [1.82, 2.24) is 9.88 Å². The number of rotatable bonds is 5. The summed E-state index contributed by atoms with van der Waals surface area (Å²) in [4.78, 5) is 17.3. The Bertz CT molecular complexity index is 909. The predicted octanol–water partition coefficient (Wildman–Crippen LogP) is 4.39. The normalized spacial score (nSPS) is 12.2. The Morgan fingerprint density at radius 2 is 2.12 bits per heavy atom. The van der Waals surface area contributed by atoms with Crippen LogP contribution in [0, 0.1) is 5.82 Å². The van der Waals surface area contributed by atoms with Crippen molar-refractivity contribution in [1.29, 1.82) is 0 Å². The van der Waals surface area contributed by atoms with Crippen molar-refractivity contribution in [2.75, 3.05) is 7.05 Å². The molecule has 0 aliphatic heterocycles. The summed E-state index contributed by atoms with van der Waals surface area (Å²) in [6.07, 6.45) is 1.14. The summed E-state index contributed by atoms with van der Waals surface area (Å²) in [5.41, 5.74) is 2.07. The van der Waals surface area contributed by atoms with Crippen molar-refractivity contribution in [2.45, 2.75) is 19.6 Å². The van der Waals surface area contributed by atoms with Gasteiger partial charge in [0.2, 0.25) is 0 Å². The third kappa shape index (κ3) is 3.77. The van der Waals surface area contributed by atoms with Gasteiger partial charge in [0.05, 0.1) is 5.02 Å². The largest absolute Gasteiger partial charge is 0.479 e. The first-order chi connectivity index (χ1) is 12.0. The van der Waals surface area contributed by atoms with Gasteiger partial charge >= 0.3 is 0 Å². The summed E-state index contributed by atoms with van der Waals surface area (Å²) < 4.78 is 18.7. The zero-order valence-corrected chi connectivity index (χ0v) is 14.7. The number of hydrogen-bond acceptors (Lipinski definition) is 2. The number of carbonyl (C=O) groups is 1. The van der Waals surface area contributed by atoms with Gasteiger partial charge in [0.25, 0.3) is 5.91 Å². The molecule has 130 valence electrons. The molecule has 0 saturated heterocycles. The number of ether oxygens (including phenoxy) is 1. The molecule has 0 saturated carbocycles. The van der Waals surface area contributed by atoms with Crippen LogP contribution in [0.15, 0.2) is 48.7 Å². The number of halogens is 2. The number of H-pyrrole nitrogens is 1. The first kappa shape index (κ1) is 17.3. The third-order valence-electron chi connectivity index (χ3n) is 4.01. The zero-order valence-electron chi connectivity index (χ0n) is 13.9. The fourth-order valence-corrected chi connectivity index (χ4v) is 2.96. The van der Waals surface area contributed by atoms with Gasteiger partial charge in [0, 0.05) is 30.7 Å². The minimum absolute atomic E-state index is 0.138. The number of aromatic amines is 1. The molecule has 6 heteroatoms. The first-order valence-electron chi connectivity index (χ1n) is 7.87. The van der Waals surface area contributed by atoms with Crippen molar-refractivity contribution in [3.8, 4) is 5.75 Å². The highest BCUT2D eigenvalue weighted by Crippen LogP contribution is 2.26. The topological polar surface area (TPSA) is 45.3 Å². The van der Waals surface area contributed by atoms with Gasteiger partial charge in [0.15, 0.2) is 6.10 Å². The van der Waals surface area contributed by atoms with Crippen LogP contribution >= 0.6 is 11.6 Å². The molecule has 25 heavy (non-hydrogen) atoms. The molecule has 0 spiro atoms. The maximum atomic E-state index is 13.1. The molecule has 0 bridgehead atoms. The van der Waals surface area contributed by atoms with Crippen LogP contribution in [0.1, 0.15) is 12.5 Å². The van der Waals surface area contributed by atoms with E-state index in [4.69, 9.17) is 16.3 Å². The van der Waals surface area contributed by atoms with Gasteiger partial charge in [-0.2, -0.15) is 0 Å². The second-order valence-electron chi connectivity index (χ2n) is 5.89. The lowest BCUT2D eigenvalue weighted by Crippen LogP contribution is -2.37. The van der Waals surface area contributed by atoms with Crippen molar-refractivity contribution in [3.63, 3.8) is 0 Å². The molecule has 0 fully saturated rings. The van der Waals surface area contributed by atoms with Gasteiger partial charge in [-0.3, -0.25) is 4.79 Å². The summed E-state index contributed by atoms with van der Waals surface area (Å²) in [5, 5.41) is 1.22. The van der Waals surface area contributed by atoms with Crippen molar-refractivity contribution in [2.24, 2.45) is 0 Å². The van der Waals surface area contributed by atoms with Crippen molar-refractivity contribution >= 4 is 28.4 Å². The maximum absolute atomic E-state index is 13.1. The Kier molecular flexibility index (Phi) is 4.95. The van der Waals surface area contributed by atoms with Crippen LogP contribution in [0.25, 0.3) is 10.9 Å². The molecule has 1 amide bonds. The van der Waals surface area contributed by atoms with Gasteiger partial charge < -0.3 is 14.6 Å². The molecule has 1 unspecified atom stereocenters. The number of aromatic nitrogens is 1. The maximum Gasteiger partial charge on any atom is 0.263 e. The van der Waals surface area contributed by atoms with E-state index in [0.29, 0.717) is 6.54 Å². The molecule has 1 N–H and O–H groups in total. The van der Waals surface area contributed by atoms with Gasteiger partial charge in [-0.1, -0.05) is 23.7 Å². The van der Waals surface area contributed by atoms with E-state index in [1.165, 1.54) is 12.1 Å². The Morgan fingerprint density at radius 3 is 2.88 bits per heavy atom. The Hall–Kier alpha value is -2.53. The average Bonchev–Trinajstić information content (AvgIpc) is 3.06. The molecule has 0 aliphatic carbocycles. The van der Waals surface area contributed by atoms with Crippen LogP contribution < -0.4 is 4.74 Å². The van der Waals surface area contributed by atoms with Crippen LogP contribution in [0.3, 0.4) is 0 Å². The van der Waals surface area contributed by atoms with Gasteiger partial charge in [-0.05, 0) is 42.8 Å². The predicted molar refractivity (Wildman–Crippen MR) is 96.3 cm³/mol. The van der Waals surface area contributed by atoms with E-state index in [1.807, 2.05) is 30.5 Å². The number of carbonyl (C=O) groups excluding carboxylic acids is 1. The quantitative estimate of drug-likeness (QED) is 0.733. The van der Waals surface area contributed by atoms with Crippen LogP contribution in [0.2, 0.25) is 5.02 Å². The smallest absolute Gasteiger partial charge is 0.263 e. The summed E-state index contributed by atoms with van der Waals surface area (Å²) >= 11 is 5.95. The number of nitrogens with zero attached hydrogens (tertiary/aromatic N) is 1. The van der Waals surface area contributed by atoms with Crippen LogP contribution in [-0.2, 0) is 11.3 Å². The average molecular weight is 361 g/mol. The summed E-state index contributed by atoms with van der Waals surface area (Å²) in [7, 11) is 1.72. The number of fused-ring (bicyclic) bond motifs is 1. The van der Waals surface area contributed by atoms with Crippen molar-refractivity contribution in [3.05, 3.63) is 65.1 Å². The van der Waals surface area contributed by atoms with Gasteiger partial charge in [0.1, 0.15) is 11.6 Å². The Balaban J connectivity index is 1.70. The van der Waals surface area contributed by atoms with E-state index < -0.39 is 11.9 Å². The van der Waals surface area contributed by atoms with Gasteiger partial charge in [-0.25, -0.2) is 4.39 Å². The lowest BCUT2D eigenvalue weighted by molar-refractivity contribution is -0.137. The van der Waals surface area contributed by atoms with Crippen LogP contribution in [0.4, 0.5) is 4.39 Å². The molecule has 1 heterocycles. The van der Waals surface area contributed by atoms with Crippen LogP contribution in [-0.4, -0.2) is 28.9 Å². The minimum Gasteiger partial charge on any atom is -0.479 e. The standard InChI is InChI=1S/C19H18ClFN2O2/c1-12(25-18-7-6-14(21)10-16(18)20)19(24)23(2)11-13-4-3-5-17-15(13)8-9-22-17/h3-10,12,22H,11H2,1-2H3. The van der Waals surface area contributed by atoms with E-state index in [-0.39, 0.29) is 16.7 Å². The highest BCUT2D eigenvalue weighted by Gasteiger charge is 2.21. The summed E-state index contributed by atoms with van der Waals surface area (Å²) in [5.74, 6) is -0.356. The van der Waals surface area contributed by atoms with Gasteiger partial charge in [-0.15, -0.1) is 0 Å². The summed E-state index contributed by atoms with van der Waals surface area (Å²) in [6.45, 7) is 2.11. The molecule has 0 aliphatic rings. The van der Waals surface area contributed by atoms with E-state index in [9.17, 15) is 9.18 Å². The SMILES string of the molecule is CC(Oc1ccc(F)cc1Cl)C(=O)N(C)Cc1cccc2[nH]ccc12. The molecule has 0 radical (unpaired) electrons. The zero-order chi connectivity index (χ0) is 18.0. The van der Waals surface area contributed by atoms with E-state index in [2.05, 4.69) is 4.98 Å². The lowest BCUT2D eigenvalue weighted by atomic mass is 10.1. The summed E-state index contributed by atoms with van der Waals surface area (Å²) in [6, 6.07) is 11.7. The highest BCUT2D eigenvalue weighted by atomic mass is 35.5. The molecular formula is C19H18ClFN2O2. The number of likely N-dealkylation sites (N-methyl/N-ethyl adjacent to an activating group) is 1. The van der Waals surface area contributed by atoms with E-state index >= 15 is 0 Å².